The fraction of sp³-hybridized carbons (Fsp3) is 0.471. The van der Waals surface area contributed by atoms with Crippen LogP contribution < -0.4 is 5.32 Å². The molecule has 2 heterocycles. The van der Waals surface area contributed by atoms with Gasteiger partial charge in [0, 0.05) is 20.1 Å². The van der Waals surface area contributed by atoms with Crippen molar-refractivity contribution in [3.05, 3.63) is 29.3 Å². The summed E-state index contributed by atoms with van der Waals surface area (Å²) in [7, 11) is -2.46. The smallest absolute Gasteiger partial charge is 0.324 e. The molecule has 4 amide bonds. The van der Waals surface area contributed by atoms with E-state index in [9.17, 15) is 22.8 Å². The third-order valence-electron chi connectivity index (χ3n) is 5.07. The minimum Gasteiger partial charge on any atom is -0.337 e. The molecule has 0 aromatic heterocycles. The molecule has 1 aromatic carbocycles. The number of rotatable bonds is 4. The maximum absolute atomic E-state index is 12.7. The monoisotopic (exact) mass is 394 g/mol. The Kier molecular flexibility index (Phi) is 4.96. The number of carbonyl (C=O) groups excluding carboxylic acids is 3. The second-order valence-electron chi connectivity index (χ2n) is 6.85. The molecular formula is C17H22N4O5S. The van der Waals surface area contributed by atoms with Crippen molar-refractivity contribution in [1.29, 1.82) is 0 Å². The highest BCUT2D eigenvalue weighted by molar-refractivity contribution is 7.89. The largest absolute Gasteiger partial charge is 0.337 e. The van der Waals surface area contributed by atoms with E-state index in [1.807, 2.05) is 13.8 Å². The molecule has 27 heavy (non-hydrogen) atoms. The zero-order valence-electron chi connectivity index (χ0n) is 15.4. The topological polar surface area (TPSA) is 107 Å². The van der Waals surface area contributed by atoms with Crippen molar-refractivity contribution in [2.45, 2.75) is 24.8 Å². The summed E-state index contributed by atoms with van der Waals surface area (Å²) in [6.07, 6.45) is 0. The van der Waals surface area contributed by atoms with E-state index in [0.29, 0.717) is 0 Å². The molecule has 1 atom stereocenters. The Bertz CT molecular complexity index is 914. The van der Waals surface area contributed by atoms with Crippen LogP contribution in [0.4, 0.5) is 4.79 Å². The first-order valence-corrected chi connectivity index (χ1v) is 9.98. The highest BCUT2D eigenvalue weighted by Gasteiger charge is 2.43. The van der Waals surface area contributed by atoms with E-state index in [2.05, 4.69) is 5.32 Å². The Morgan fingerprint density at radius 3 is 2.59 bits per heavy atom. The van der Waals surface area contributed by atoms with E-state index in [1.165, 1.54) is 22.9 Å². The van der Waals surface area contributed by atoms with Crippen LogP contribution in [0.25, 0.3) is 0 Å². The number of urea groups is 1. The van der Waals surface area contributed by atoms with Gasteiger partial charge in [-0.3, -0.25) is 14.9 Å². The van der Waals surface area contributed by atoms with E-state index >= 15 is 0 Å². The third kappa shape index (κ3) is 3.54. The SMILES string of the molecule is Cc1ccc(S(=O)(=O)N(C)CC(=O)N2CCN3C(=O)NC(=O)C3C2)cc1C. The molecule has 9 nitrogen and oxygen atoms in total. The highest BCUT2D eigenvalue weighted by Crippen LogP contribution is 2.19. The van der Waals surface area contributed by atoms with Crippen molar-refractivity contribution in [1.82, 2.24) is 19.4 Å². The summed E-state index contributed by atoms with van der Waals surface area (Å²) < 4.78 is 26.5. The number of fused-ring (bicyclic) bond motifs is 1. The number of hydrogen-bond acceptors (Lipinski definition) is 5. The molecule has 2 aliphatic heterocycles. The molecule has 1 unspecified atom stereocenters. The summed E-state index contributed by atoms with van der Waals surface area (Å²) in [5.74, 6) is -0.842. The average molecular weight is 394 g/mol. The second kappa shape index (κ2) is 6.93. The Labute approximate surface area is 158 Å². The molecule has 1 aromatic rings. The van der Waals surface area contributed by atoms with E-state index in [-0.39, 0.29) is 31.1 Å². The van der Waals surface area contributed by atoms with E-state index in [0.717, 1.165) is 15.4 Å². The maximum atomic E-state index is 12.7. The lowest BCUT2D eigenvalue weighted by Crippen LogP contribution is -2.56. The highest BCUT2D eigenvalue weighted by atomic mass is 32.2. The number of benzene rings is 1. The molecule has 3 rings (SSSR count). The molecule has 0 bridgehead atoms. The number of aryl methyl sites for hydroxylation is 2. The van der Waals surface area contributed by atoms with Crippen molar-refractivity contribution in [3.8, 4) is 0 Å². The van der Waals surface area contributed by atoms with Crippen LogP contribution in [0.5, 0.6) is 0 Å². The van der Waals surface area contributed by atoms with Gasteiger partial charge in [0.25, 0.3) is 5.91 Å². The third-order valence-corrected chi connectivity index (χ3v) is 6.87. The molecule has 0 spiro atoms. The molecule has 2 fully saturated rings. The zero-order valence-corrected chi connectivity index (χ0v) is 16.2. The number of piperazine rings is 1. The van der Waals surface area contributed by atoms with Gasteiger partial charge in [0.15, 0.2) is 0 Å². The second-order valence-corrected chi connectivity index (χ2v) is 8.90. The number of amides is 4. The first-order valence-electron chi connectivity index (χ1n) is 8.54. The van der Waals surface area contributed by atoms with Gasteiger partial charge in [0.1, 0.15) is 6.04 Å². The van der Waals surface area contributed by atoms with Crippen LogP contribution in [0.3, 0.4) is 0 Å². The summed E-state index contributed by atoms with van der Waals surface area (Å²) in [5.41, 5.74) is 1.83. The molecule has 0 aliphatic carbocycles. The lowest BCUT2D eigenvalue weighted by molar-refractivity contribution is -0.135. The van der Waals surface area contributed by atoms with Gasteiger partial charge in [-0.1, -0.05) is 6.07 Å². The number of imide groups is 1. The molecule has 0 radical (unpaired) electrons. The van der Waals surface area contributed by atoms with Crippen LogP contribution in [-0.4, -0.2) is 79.6 Å². The summed E-state index contributed by atoms with van der Waals surface area (Å²) >= 11 is 0. The Morgan fingerprint density at radius 1 is 1.22 bits per heavy atom. The van der Waals surface area contributed by atoms with Crippen LogP contribution in [0.15, 0.2) is 23.1 Å². The van der Waals surface area contributed by atoms with Gasteiger partial charge in [0.05, 0.1) is 18.0 Å². The summed E-state index contributed by atoms with van der Waals surface area (Å²) in [5, 5.41) is 2.22. The first-order chi connectivity index (χ1) is 12.6. The van der Waals surface area contributed by atoms with Crippen molar-refractivity contribution < 1.29 is 22.8 Å². The number of nitrogens with zero attached hydrogens (tertiary/aromatic N) is 3. The van der Waals surface area contributed by atoms with Crippen molar-refractivity contribution >= 4 is 27.9 Å². The average Bonchev–Trinajstić information content (AvgIpc) is 2.90. The van der Waals surface area contributed by atoms with E-state index in [4.69, 9.17) is 0 Å². The lowest BCUT2D eigenvalue weighted by atomic mass is 10.1. The summed E-state index contributed by atoms with van der Waals surface area (Å²) in [6, 6.07) is 3.67. The van der Waals surface area contributed by atoms with Crippen LogP contribution in [0.2, 0.25) is 0 Å². The Morgan fingerprint density at radius 2 is 1.93 bits per heavy atom. The lowest BCUT2D eigenvalue weighted by Gasteiger charge is -2.36. The predicted octanol–water partition coefficient (Wildman–Crippen LogP) is -0.313. The fourth-order valence-electron chi connectivity index (χ4n) is 3.17. The van der Waals surface area contributed by atoms with Crippen LogP contribution in [-0.2, 0) is 19.6 Å². The van der Waals surface area contributed by atoms with Gasteiger partial charge >= 0.3 is 6.03 Å². The van der Waals surface area contributed by atoms with Gasteiger partial charge in [-0.15, -0.1) is 0 Å². The fourth-order valence-corrected chi connectivity index (χ4v) is 4.37. The van der Waals surface area contributed by atoms with Crippen molar-refractivity contribution in [2.75, 3.05) is 33.2 Å². The van der Waals surface area contributed by atoms with E-state index < -0.39 is 33.9 Å². The number of likely N-dealkylation sites (N-methyl/N-ethyl adjacent to an activating group) is 1. The predicted molar refractivity (Wildman–Crippen MR) is 96.3 cm³/mol. The van der Waals surface area contributed by atoms with E-state index in [1.54, 1.807) is 12.1 Å². The first kappa shape index (κ1) is 19.3. The minimum atomic E-state index is -3.81. The van der Waals surface area contributed by atoms with Crippen molar-refractivity contribution in [3.63, 3.8) is 0 Å². The van der Waals surface area contributed by atoms with Gasteiger partial charge < -0.3 is 9.80 Å². The standard InChI is InChI=1S/C17H22N4O5S/c1-11-4-5-13(8-12(11)2)27(25,26)19(3)10-15(22)20-6-7-21-14(9-20)16(23)18-17(21)24/h4-5,8,14H,6-7,9-10H2,1-3H3,(H,18,23,24). The quantitative estimate of drug-likeness (QED) is 0.705. The summed E-state index contributed by atoms with van der Waals surface area (Å²) in [6.45, 7) is 3.94. The molecule has 2 saturated heterocycles. The number of carbonyl (C=O) groups is 3. The number of sulfonamides is 1. The molecule has 10 heteroatoms. The summed E-state index contributed by atoms with van der Waals surface area (Å²) in [4.78, 5) is 38.9. The van der Waals surface area contributed by atoms with Gasteiger partial charge in [-0.05, 0) is 37.1 Å². The maximum Gasteiger partial charge on any atom is 0.324 e. The molecule has 146 valence electrons. The molecule has 0 saturated carbocycles. The van der Waals surface area contributed by atoms with Crippen molar-refractivity contribution in [2.24, 2.45) is 0 Å². The Hall–Kier alpha value is -2.46. The Balaban J connectivity index is 1.69. The number of nitrogens with one attached hydrogen (secondary N) is 1. The molecule has 1 N–H and O–H groups in total. The van der Waals surface area contributed by atoms with Gasteiger partial charge in [0.2, 0.25) is 15.9 Å². The van der Waals surface area contributed by atoms with Gasteiger partial charge in [-0.2, -0.15) is 4.31 Å². The minimum absolute atomic E-state index is 0.0634. The van der Waals surface area contributed by atoms with Crippen LogP contribution in [0.1, 0.15) is 11.1 Å². The van der Waals surface area contributed by atoms with Gasteiger partial charge in [-0.25, -0.2) is 13.2 Å². The van der Waals surface area contributed by atoms with Crippen LogP contribution >= 0.6 is 0 Å². The number of hydrogen-bond donors (Lipinski definition) is 1. The van der Waals surface area contributed by atoms with Crippen LogP contribution in [0, 0.1) is 13.8 Å². The molecule has 2 aliphatic rings. The zero-order chi connectivity index (χ0) is 19.9. The normalized spacial score (nSPS) is 20.1. The molecular weight excluding hydrogens is 372 g/mol.